The number of benzene rings is 1. The summed E-state index contributed by atoms with van der Waals surface area (Å²) in [4.78, 5) is 14.2. The molecule has 1 saturated heterocycles. The van der Waals surface area contributed by atoms with Gasteiger partial charge in [0, 0.05) is 31.6 Å². The molecule has 23 heavy (non-hydrogen) atoms. The quantitative estimate of drug-likeness (QED) is 0.883. The van der Waals surface area contributed by atoms with Gasteiger partial charge in [-0.2, -0.15) is 0 Å². The zero-order valence-electron chi connectivity index (χ0n) is 14.1. The summed E-state index contributed by atoms with van der Waals surface area (Å²) in [6.45, 7) is 8.27. The van der Waals surface area contributed by atoms with Crippen LogP contribution in [0.4, 0.5) is 4.39 Å². The monoisotopic (exact) mass is 340 g/mol. The van der Waals surface area contributed by atoms with Crippen LogP contribution in [0.15, 0.2) is 18.2 Å². The molecule has 0 spiro atoms. The maximum atomic E-state index is 13.5. The number of nitrogens with zero attached hydrogens (tertiary/aromatic N) is 1. The number of hydrogen-bond donors (Lipinski definition) is 1. The Morgan fingerprint density at radius 3 is 2.83 bits per heavy atom. The standard InChI is InChI=1S/C18H26ClFN2O/c1-4-14-11-22(18(23)12(2)3)8-7-17(14)21-10-13-5-6-15(19)16(20)9-13/h5-6,9,12,14,17,21H,4,7-8,10-11H2,1-3H3/t14-,17-/m1/s1. The number of hydrogen-bond acceptors (Lipinski definition) is 2. The number of halogens is 2. The minimum absolute atomic E-state index is 0.0501. The van der Waals surface area contributed by atoms with E-state index in [-0.39, 0.29) is 22.7 Å². The van der Waals surface area contributed by atoms with Crippen molar-refractivity contribution in [2.24, 2.45) is 11.8 Å². The Bertz CT molecular complexity index is 550. The fourth-order valence-corrected chi connectivity index (χ4v) is 3.30. The van der Waals surface area contributed by atoms with Gasteiger partial charge in [0.05, 0.1) is 5.02 Å². The van der Waals surface area contributed by atoms with Crippen LogP contribution in [0, 0.1) is 17.7 Å². The molecule has 0 unspecified atom stereocenters. The first-order chi connectivity index (χ1) is 10.9. The van der Waals surface area contributed by atoms with Crippen molar-refractivity contribution in [2.75, 3.05) is 13.1 Å². The van der Waals surface area contributed by atoms with Gasteiger partial charge in [0.25, 0.3) is 0 Å². The van der Waals surface area contributed by atoms with Crippen molar-refractivity contribution in [2.45, 2.75) is 46.2 Å². The lowest BCUT2D eigenvalue weighted by Gasteiger charge is -2.39. The molecule has 1 aliphatic rings. The molecular weight excluding hydrogens is 315 g/mol. The molecule has 0 aliphatic carbocycles. The van der Waals surface area contributed by atoms with E-state index in [4.69, 9.17) is 11.6 Å². The van der Waals surface area contributed by atoms with E-state index in [2.05, 4.69) is 12.2 Å². The zero-order chi connectivity index (χ0) is 17.0. The molecule has 2 atom stereocenters. The summed E-state index contributed by atoms with van der Waals surface area (Å²) in [5, 5.41) is 3.68. The van der Waals surface area contributed by atoms with Crippen molar-refractivity contribution in [1.29, 1.82) is 0 Å². The number of carbonyl (C=O) groups is 1. The number of amides is 1. The van der Waals surface area contributed by atoms with E-state index in [1.807, 2.05) is 24.8 Å². The first-order valence-electron chi connectivity index (χ1n) is 8.38. The van der Waals surface area contributed by atoms with Crippen LogP contribution < -0.4 is 5.32 Å². The van der Waals surface area contributed by atoms with Crippen LogP contribution >= 0.6 is 11.6 Å². The number of piperidine rings is 1. The molecule has 1 amide bonds. The predicted molar refractivity (Wildman–Crippen MR) is 91.9 cm³/mol. The van der Waals surface area contributed by atoms with Gasteiger partial charge < -0.3 is 10.2 Å². The van der Waals surface area contributed by atoms with E-state index in [0.717, 1.165) is 31.5 Å². The molecule has 0 aromatic heterocycles. The molecular formula is C18H26ClFN2O. The van der Waals surface area contributed by atoms with Gasteiger partial charge in [0.2, 0.25) is 5.91 Å². The summed E-state index contributed by atoms with van der Waals surface area (Å²) in [5.74, 6) is 0.342. The van der Waals surface area contributed by atoms with Crippen LogP contribution in [0.25, 0.3) is 0 Å². The Morgan fingerprint density at radius 1 is 1.48 bits per heavy atom. The molecule has 1 fully saturated rings. The van der Waals surface area contributed by atoms with Gasteiger partial charge >= 0.3 is 0 Å². The molecule has 1 heterocycles. The first-order valence-corrected chi connectivity index (χ1v) is 8.76. The smallest absolute Gasteiger partial charge is 0.225 e. The van der Waals surface area contributed by atoms with Crippen molar-refractivity contribution in [3.8, 4) is 0 Å². The molecule has 128 valence electrons. The van der Waals surface area contributed by atoms with E-state index in [1.165, 1.54) is 6.07 Å². The molecule has 1 aliphatic heterocycles. The summed E-state index contributed by atoms with van der Waals surface area (Å²) in [7, 11) is 0. The highest BCUT2D eigenvalue weighted by Gasteiger charge is 2.30. The lowest BCUT2D eigenvalue weighted by Crippen LogP contribution is -2.51. The van der Waals surface area contributed by atoms with Gasteiger partial charge in [-0.05, 0) is 30.0 Å². The number of nitrogens with one attached hydrogen (secondary N) is 1. The van der Waals surface area contributed by atoms with E-state index in [0.29, 0.717) is 18.5 Å². The van der Waals surface area contributed by atoms with Crippen molar-refractivity contribution in [1.82, 2.24) is 10.2 Å². The molecule has 3 nitrogen and oxygen atoms in total. The van der Waals surface area contributed by atoms with Crippen molar-refractivity contribution in [3.63, 3.8) is 0 Å². The summed E-state index contributed by atoms with van der Waals surface area (Å²) in [6.07, 6.45) is 1.96. The van der Waals surface area contributed by atoms with Crippen molar-refractivity contribution < 1.29 is 9.18 Å². The average Bonchev–Trinajstić information content (AvgIpc) is 2.55. The van der Waals surface area contributed by atoms with Gasteiger partial charge in [0.15, 0.2) is 0 Å². The van der Waals surface area contributed by atoms with Gasteiger partial charge in [0.1, 0.15) is 5.82 Å². The predicted octanol–water partition coefficient (Wildman–Crippen LogP) is 3.85. The van der Waals surface area contributed by atoms with E-state index in [9.17, 15) is 9.18 Å². The highest BCUT2D eigenvalue weighted by molar-refractivity contribution is 6.30. The van der Waals surface area contributed by atoms with Gasteiger partial charge in [-0.25, -0.2) is 4.39 Å². The number of rotatable bonds is 5. The van der Waals surface area contributed by atoms with Crippen LogP contribution in [-0.2, 0) is 11.3 Å². The molecule has 1 aromatic carbocycles. The third-order valence-corrected chi connectivity index (χ3v) is 4.92. The maximum Gasteiger partial charge on any atom is 0.225 e. The Labute approximate surface area is 143 Å². The second-order valence-electron chi connectivity index (χ2n) is 6.63. The fourth-order valence-electron chi connectivity index (χ4n) is 3.18. The Balaban J connectivity index is 1.93. The lowest BCUT2D eigenvalue weighted by atomic mass is 9.89. The summed E-state index contributed by atoms with van der Waals surface area (Å²) >= 11 is 5.71. The Hall–Kier alpha value is -1.13. The third kappa shape index (κ3) is 4.67. The van der Waals surface area contributed by atoms with Gasteiger partial charge in [-0.3, -0.25) is 4.79 Å². The van der Waals surface area contributed by atoms with Crippen LogP contribution in [0.2, 0.25) is 5.02 Å². The van der Waals surface area contributed by atoms with Crippen molar-refractivity contribution in [3.05, 3.63) is 34.6 Å². The van der Waals surface area contributed by atoms with Crippen LogP contribution in [0.3, 0.4) is 0 Å². The molecule has 0 saturated carbocycles. The molecule has 1 N–H and O–H groups in total. The van der Waals surface area contributed by atoms with Crippen LogP contribution in [0.5, 0.6) is 0 Å². The van der Waals surface area contributed by atoms with Gasteiger partial charge in [-0.15, -0.1) is 0 Å². The Kier molecular flexibility index (Phi) is 6.42. The minimum atomic E-state index is -0.379. The minimum Gasteiger partial charge on any atom is -0.342 e. The average molecular weight is 341 g/mol. The second kappa shape index (κ2) is 8.11. The zero-order valence-corrected chi connectivity index (χ0v) is 14.9. The Morgan fingerprint density at radius 2 is 2.22 bits per heavy atom. The molecule has 1 aromatic rings. The molecule has 0 radical (unpaired) electrons. The van der Waals surface area contributed by atoms with Crippen molar-refractivity contribution >= 4 is 17.5 Å². The van der Waals surface area contributed by atoms with Crippen LogP contribution in [-0.4, -0.2) is 29.9 Å². The molecule has 5 heteroatoms. The third-order valence-electron chi connectivity index (χ3n) is 4.62. The summed E-state index contributed by atoms with van der Waals surface area (Å²) in [6, 6.07) is 5.27. The highest BCUT2D eigenvalue weighted by atomic mass is 35.5. The molecule has 0 bridgehead atoms. The topological polar surface area (TPSA) is 32.3 Å². The normalized spacial score (nSPS) is 21.7. The van der Waals surface area contributed by atoms with E-state index >= 15 is 0 Å². The highest BCUT2D eigenvalue weighted by Crippen LogP contribution is 2.22. The van der Waals surface area contributed by atoms with Crippen LogP contribution in [0.1, 0.15) is 39.2 Å². The fraction of sp³-hybridized carbons (Fsp3) is 0.611. The van der Waals surface area contributed by atoms with E-state index in [1.54, 1.807) is 6.07 Å². The summed E-state index contributed by atoms with van der Waals surface area (Å²) < 4.78 is 13.5. The number of likely N-dealkylation sites (tertiary alicyclic amines) is 1. The second-order valence-corrected chi connectivity index (χ2v) is 7.04. The number of carbonyl (C=O) groups excluding carboxylic acids is 1. The first kappa shape index (κ1) is 18.2. The largest absolute Gasteiger partial charge is 0.342 e. The SMILES string of the molecule is CC[C@@H]1CN(C(=O)C(C)C)CC[C@H]1NCc1ccc(Cl)c(F)c1. The maximum absolute atomic E-state index is 13.5. The lowest BCUT2D eigenvalue weighted by molar-refractivity contribution is -0.136. The van der Waals surface area contributed by atoms with E-state index < -0.39 is 0 Å². The molecule has 2 rings (SSSR count). The van der Waals surface area contributed by atoms with Gasteiger partial charge in [-0.1, -0.05) is 44.9 Å². The summed E-state index contributed by atoms with van der Waals surface area (Å²) in [5.41, 5.74) is 0.891.